The van der Waals surface area contributed by atoms with Crippen molar-refractivity contribution in [3.05, 3.63) is 66.1 Å². The third-order valence-electron chi connectivity index (χ3n) is 2.88. The topological polar surface area (TPSA) is 92.5 Å². The number of hydrogen-bond donors (Lipinski definition) is 2. The Labute approximate surface area is 158 Å². The summed E-state index contributed by atoms with van der Waals surface area (Å²) in [6.07, 6.45) is 2.67. The van der Waals surface area contributed by atoms with E-state index in [0.717, 1.165) is 0 Å². The van der Waals surface area contributed by atoms with E-state index in [4.69, 9.17) is 11.6 Å². The Balaban J connectivity index is 2.14. The molecule has 124 valence electrons. The van der Waals surface area contributed by atoms with Crippen LogP contribution in [0.5, 0.6) is 5.75 Å². The highest BCUT2D eigenvalue weighted by Gasteiger charge is 2.12. The molecular formula is C15H9Br2ClN2O4. The summed E-state index contributed by atoms with van der Waals surface area (Å²) in [5.74, 6) is -0.408. The van der Waals surface area contributed by atoms with Crippen LogP contribution in [0.25, 0.3) is 6.08 Å². The van der Waals surface area contributed by atoms with E-state index < -0.39 is 10.8 Å². The number of anilines is 1. The fraction of sp³-hybridized carbons (Fsp3) is 0. The molecule has 0 aliphatic rings. The maximum Gasteiger partial charge on any atom is 0.288 e. The molecule has 0 spiro atoms. The van der Waals surface area contributed by atoms with Gasteiger partial charge in [-0.2, -0.15) is 0 Å². The van der Waals surface area contributed by atoms with Crippen molar-refractivity contribution >= 4 is 66.8 Å². The zero-order valence-electron chi connectivity index (χ0n) is 11.8. The van der Waals surface area contributed by atoms with Gasteiger partial charge in [-0.1, -0.05) is 17.7 Å². The number of nitro benzene ring substituents is 1. The Morgan fingerprint density at radius 2 is 1.88 bits per heavy atom. The van der Waals surface area contributed by atoms with Gasteiger partial charge in [0.05, 0.1) is 13.9 Å². The SMILES string of the molecule is O=C(/C=C/c1ccc(Cl)c([N+](=O)[O-])c1)Nc1cc(Br)c(O)c(Br)c1. The average Bonchev–Trinajstić information content (AvgIpc) is 2.51. The van der Waals surface area contributed by atoms with E-state index in [2.05, 4.69) is 37.2 Å². The number of nitrogens with zero attached hydrogens (tertiary/aromatic N) is 1. The molecule has 0 saturated heterocycles. The molecule has 1 amide bonds. The highest BCUT2D eigenvalue weighted by Crippen LogP contribution is 2.35. The summed E-state index contributed by atoms with van der Waals surface area (Å²) in [5, 5.41) is 23.1. The molecule has 0 radical (unpaired) electrons. The van der Waals surface area contributed by atoms with Crippen molar-refractivity contribution in [1.82, 2.24) is 0 Å². The Bertz CT molecular complexity index is 832. The summed E-state index contributed by atoms with van der Waals surface area (Å²) in [7, 11) is 0. The molecule has 0 fully saturated rings. The van der Waals surface area contributed by atoms with Crippen LogP contribution in [-0.2, 0) is 4.79 Å². The smallest absolute Gasteiger partial charge is 0.288 e. The molecule has 0 saturated carbocycles. The molecule has 2 rings (SSSR count). The quantitative estimate of drug-likeness (QED) is 0.277. The van der Waals surface area contributed by atoms with E-state index in [1.54, 1.807) is 18.2 Å². The van der Waals surface area contributed by atoms with Gasteiger partial charge in [0, 0.05) is 17.8 Å². The molecule has 0 aliphatic heterocycles. The van der Waals surface area contributed by atoms with E-state index in [9.17, 15) is 20.0 Å². The van der Waals surface area contributed by atoms with E-state index in [1.165, 1.54) is 24.3 Å². The molecule has 24 heavy (non-hydrogen) atoms. The second-order valence-corrected chi connectivity index (χ2v) is 6.69. The minimum Gasteiger partial charge on any atom is -0.506 e. The lowest BCUT2D eigenvalue weighted by Crippen LogP contribution is -2.07. The molecule has 6 nitrogen and oxygen atoms in total. The van der Waals surface area contributed by atoms with Crippen LogP contribution in [0, 0.1) is 10.1 Å². The molecular weight excluding hydrogens is 467 g/mol. The van der Waals surface area contributed by atoms with Gasteiger partial charge in [-0.25, -0.2) is 0 Å². The highest BCUT2D eigenvalue weighted by molar-refractivity contribution is 9.11. The predicted octanol–water partition coefficient (Wildman–Crippen LogP) is 5.13. The molecule has 2 aromatic carbocycles. The van der Waals surface area contributed by atoms with Gasteiger partial charge in [-0.05, 0) is 61.7 Å². The first-order valence-corrected chi connectivity index (χ1v) is 8.35. The Morgan fingerprint density at radius 3 is 2.46 bits per heavy atom. The summed E-state index contributed by atoms with van der Waals surface area (Å²) >= 11 is 12.1. The highest BCUT2D eigenvalue weighted by atomic mass is 79.9. The average molecular weight is 477 g/mol. The van der Waals surface area contributed by atoms with Crippen LogP contribution in [-0.4, -0.2) is 15.9 Å². The van der Waals surface area contributed by atoms with E-state index in [1.807, 2.05) is 0 Å². The number of benzene rings is 2. The number of carbonyl (C=O) groups excluding carboxylic acids is 1. The van der Waals surface area contributed by atoms with Crippen molar-refractivity contribution in [3.63, 3.8) is 0 Å². The third-order valence-corrected chi connectivity index (χ3v) is 4.41. The third kappa shape index (κ3) is 4.56. The standard InChI is InChI=1S/C15H9Br2ClN2O4/c16-10-6-9(7-11(17)15(10)22)19-14(21)4-2-8-1-3-12(18)13(5-8)20(23)24/h1-7,22H,(H,19,21)/b4-2+. The minimum absolute atomic E-state index is 0.0250. The van der Waals surface area contributed by atoms with Crippen molar-refractivity contribution in [1.29, 1.82) is 0 Å². The maximum atomic E-state index is 11.9. The first-order chi connectivity index (χ1) is 11.3. The molecule has 0 aliphatic carbocycles. The summed E-state index contributed by atoms with van der Waals surface area (Å²) in [6, 6.07) is 7.32. The van der Waals surface area contributed by atoms with Crippen molar-refractivity contribution < 1.29 is 14.8 Å². The molecule has 0 aromatic heterocycles. The monoisotopic (exact) mass is 474 g/mol. The number of amides is 1. The van der Waals surface area contributed by atoms with Crippen LogP contribution in [0.15, 0.2) is 45.4 Å². The lowest BCUT2D eigenvalue weighted by atomic mass is 10.2. The number of rotatable bonds is 4. The van der Waals surface area contributed by atoms with Crippen LogP contribution in [0.4, 0.5) is 11.4 Å². The van der Waals surface area contributed by atoms with E-state index in [0.29, 0.717) is 20.2 Å². The first-order valence-electron chi connectivity index (χ1n) is 6.39. The molecule has 2 aromatic rings. The van der Waals surface area contributed by atoms with E-state index in [-0.39, 0.29) is 16.5 Å². The fourth-order valence-electron chi connectivity index (χ4n) is 1.77. The number of nitro groups is 1. The number of phenols is 1. The van der Waals surface area contributed by atoms with Crippen molar-refractivity contribution in [2.45, 2.75) is 0 Å². The summed E-state index contributed by atoms with van der Waals surface area (Å²) in [5.41, 5.74) is 0.697. The second kappa shape index (κ2) is 7.78. The molecule has 0 heterocycles. The maximum absolute atomic E-state index is 11.9. The molecule has 0 bridgehead atoms. The normalized spacial score (nSPS) is 10.8. The van der Waals surface area contributed by atoms with Crippen molar-refractivity contribution in [2.75, 3.05) is 5.32 Å². The predicted molar refractivity (Wildman–Crippen MR) is 99.3 cm³/mol. The van der Waals surface area contributed by atoms with Crippen molar-refractivity contribution in [2.24, 2.45) is 0 Å². The van der Waals surface area contributed by atoms with Crippen LogP contribution in [0.3, 0.4) is 0 Å². The largest absolute Gasteiger partial charge is 0.506 e. The first kappa shape index (κ1) is 18.4. The van der Waals surface area contributed by atoms with Crippen LogP contribution >= 0.6 is 43.5 Å². The van der Waals surface area contributed by atoms with Crippen molar-refractivity contribution in [3.8, 4) is 5.75 Å². The Morgan fingerprint density at radius 1 is 1.25 bits per heavy atom. The van der Waals surface area contributed by atoms with Gasteiger partial charge in [0.1, 0.15) is 10.8 Å². The summed E-state index contributed by atoms with van der Waals surface area (Å²) in [6.45, 7) is 0. The fourth-order valence-corrected chi connectivity index (χ4v) is 3.14. The molecule has 0 atom stereocenters. The van der Waals surface area contributed by atoms with Crippen LogP contribution in [0.2, 0.25) is 5.02 Å². The Hall–Kier alpha value is -1.90. The number of aromatic hydroxyl groups is 1. The van der Waals surface area contributed by atoms with Gasteiger partial charge in [0.2, 0.25) is 5.91 Å². The number of hydrogen-bond acceptors (Lipinski definition) is 4. The van der Waals surface area contributed by atoms with Gasteiger partial charge in [-0.3, -0.25) is 14.9 Å². The van der Waals surface area contributed by atoms with Gasteiger partial charge in [0.25, 0.3) is 5.69 Å². The minimum atomic E-state index is -0.592. The lowest BCUT2D eigenvalue weighted by molar-refractivity contribution is -0.384. The van der Waals surface area contributed by atoms with E-state index >= 15 is 0 Å². The zero-order valence-corrected chi connectivity index (χ0v) is 15.7. The van der Waals surface area contributed by atoms with Gasteiger partial charge in [-0.15, -0.1) is 0 Å². The molecule has 0 unspecified atom stereocenters. The number of nitrogens with one attached hydrogen (secondary N) is 1. The van der Waals surface area contributed by atoms with Gasteiger partial charge < -0.3 is 10.4 Å². The number of phenolic OH excluding ortho intramolecular Hbond substituents is 1. The van der Waals surface area contributed by atoms with Crippen LogP contribution in [0.1, 0.15) is 5.56 Å². The second-order valence-electron chi connectivity index (χ2n) is 4.58. The molecule has 9 heteroatoms. The molecule has 2 N–H and O–H groups in total. The van der Waals surface area contributed by atoms with Gasteiger partial charge >= 0.3 is 0 Å². The summed E-state index contributed by atoms with van der Waals surface area (Å²) in [4.78, 5) is 22.2. The zero-order chi connectivity index (χ0) is 17.9. The van der Waals surface area contributed by atoms with Gasteiger partial charge in [0.15, 0.2) is 0 Å². The summed E-state index contributed by atoms with van der Waals surface area (Å²) < 4.78 is 0.842. The number of carbonyl (C=O) groups is 1. The lowest BCUT2D eigenvalue weighted by Gasteiger charge is -2.06. The Kier molecular flexibility index (Phi) is 5.98. The number of halogens is 3. The van der Waals surface area contributed by atoms with Crippen LogP contribution < -0.4 is 5.32 Å².